The maximum Gasteiger partial charge on any atom is 0.274 e. The van der Waals surface area contributed by atoms with Crippen LogP contribution in [0.1, 0.15) is 5.56 Å². The molecule has 172 valence electrons. The second kappa shape index (κ2) is 9.54. The third-order valence-corrected chi connectivity index (χ3v) is 6.68. The van der Waals surface area contributed by atoms with Crippen LogP contribution in [0.3, 0.4) is 0 Å². The number of aromatic nitrogens is 2. The normalized spacial score (nSPS) is 11.9. The van der Waals surface area contributed by atoms with Gasteiger partial charge in [0.15, 0.2) is 16.5 Å². The first-order chi connectivity index (χ1) is 16.5. The molecule has 0 unspecified atom stereocenters. The molecule has 0 aliphatic rings. The Morgan fingerprint density at radius 2 is 1.74 bits per heavy atom. The van der Waals surface area contributed by atoms with Crippen molar-refractivity contribution in [2.45, 2.75) is 0 Å². The lowest BCUT2D eigenvalue weighted by atomic mass is 10.2. The fraction of sp³-hybridized carbons (Fsp3) is 0.120. The third kappa shape index (κ3) is 4.30. The molecule has 0 atom stereocenters. The standard InChI is InChI=1S/C25H18Cl2N2O4S/c1-31-21-13-15(12-17(27)23(21)33-11-10-32-20-9-5-2-6-16(20)26)14-22-24(30)29-19-8-4-3-7-18(19)28-25(29)34-22/h2-9,12-14H,10-11H2,1H3. The van der Waals surface area contributed by atoms with Crippen molar-refractivity contribution in [3.05, 3.63) is 91.2 Å². The van der Waals surface area contributed by atoms with Gasteiger partial charge in [-0.05, 0) is 48.0 Å². The van der Waals surface area contributed by atoms with Crippen molar-refractivity contribution in [2.75, 3.05) is 20.3 Å². The van der Waals surface area contributed by atoms with E-state index >= 15 is 0 Å². The first-order valence-corrected chi connectivity index (χ1v) is 11.9. The largest absolute Gasteiger partial charge is 0.493 e. The highest BCUT2D eigenvalue weighted by molar-refractivity contribution is 7.15. The van der Waals surface area contributed by atoms with Gasteiger partial charge in [-0.1, -0.05) is 58.8 Å². The highest BCUT2D eigenvalue weighted by atomic mass is 35.5. The number of ether oxygens (including phenoxy) is 3. The molecule has 5 aromatic rings. The number of para-hydroxylation sites is 3. The predicted molar refractivity (Wildman–Crippen MR) is 136 cm³/mol. The van der Waals surface area contributed by atoms with Crippen molar-refractivity contribution in [1.29, 1.82) is 0 Å². The number of halogens is 2. The summed E-state index contributed by atoms with van der Waals surface area (Å²) in [7, 11) is 1.53. The van der Waals surface area contributed by atoms with Crippen LogP contribution in [0, 0.1) is 0 Å². The molecule has 0 aliphatic carbocycles. The number of methoxy groups -OCH3 is 1. The lowest BCUT2D eigenvalue weighted by molar-refractivity contribution is 0.211. The fourth-order valence-electron chi connectivity index (χ4n) is 3.58. The lowest BCUT2D eigenvalue weighted by Gasteiger charge is -2.14. The summed E-state index contributed by atoms with van der Waals surface area (Å²) >= 11 is 13.9. The zero-order valence-corrected chi connectivity index (χ0v) is 20.3. The third-order valence-electron chi connectivity index (χ3n) is 5.12. The monoisotopic (exact) mass is 512 g/mol. The number of nitrogens with zero attached hydrogens (tertiary/aromatic N) is 2. The molecular formula is C25H18Cl2N2O4S. The number of benzene rings is 3. The van der Waals surface area contributed by atoms with E-state index in [1.54, 1.807) is 34.7 Å². The van der Waals surface area contributed by atoms with Crippen molar-refractivity contribution >= 4 is 56.6 Å². The van der Waals surface area contributed by atoms with Crippen LogP contribution in [-0.4, -0.2) is 29.7 Å². The van der Waals surface area contributed by atoms with E-state index in [4.69, 9.17) is 37.4 Å². The maximum absolute atomic E-state index is 13.0. The van der Waals surface area contributed by atoms with Gasteiger partial charge in [0, 0.05) is 0 Å². The van der Waals surface area contributed by atoms with E-state index in [2.05, 4.69) is 4.98 Å². The minimum Gasteiger partial charge on any atom is -0.493 e. The van der Waals surface area contributed by atoms with E-state index in [-0.39, 0.29) is 18.8 Å². The van der Waals surface area contributed by atoms with Crippen molar-refractivity contribution < 1.29 is 14.2 Å². The van der Waals surface area contributed by atoms with Crippen LogP contribution in [-0.2, 0) is 0 Å². The van der Waals surface area contributed by atoms with Crippen LogP contribution in [0.4, 0.5) is 0 Å². The van der Waals surface area contributed by atoms with Gasteiger partial charge in [-0.25, -0.2) is 9.38 Å². The summed E-state index contributed by atoms with van der Waals surface area (Å²) in [6.45, 7) is 0.518. The Labute approximate surface area is 208 Å². The van der Waals surface area contributed by atoms with E-state index in [0.717, 1.165) is 11.0 Å². The number of imidazole rings is 1. The van der Waals surface area contributed by atoms with E-state index < -0.39 is 0 Å². The highest BCUT2D eigenvalue weighted by Crippen LogP contribution is 2.36. The second-order valence-electron chi connectivity index (χ2n) is 7.30. The molecule has 0 bridgehead atoms. The Balaban J connectivity index is 1.39. The van der Waals surface area contributed by atoms with Crippen LogP contribution in [0.2, 0.25) is 10.0 Å². The van der Waals surface area contributed by atoms with E-state index in [1.807, 2.05) is 36.4 Å². The number of hydrogen-bond acceptors (Lipinski definition) is 6. The minimum atomic E-state index is -0.124. The van der Waals surface area contributed by atoms with Gasteiger partial charge in [0.05, 0.1) is 32.7 Å². The molecule has 6 nitrogen and oxygen atoms in total. The summed E-state index contributed by atoms with van der Waals surface area (Å²) in [5.41, 5.74) is 2.17. The molecule has 3 aromatic carbocycles. The Kier molecular flexibility index (Phi) is 6.32. The zero-order chi connectivity index (χ0) is 23.7. The summed E-state index contributed by atoms with van der Waals surface area (Å²) < 4.78 is 19.1. The van der Waals surface area contributed by atoms with Gasteiger partial charge in [0.1, 0.15) is 19.0 Å². The van der Waals surface area contributed by atoms with Crippen LogP contribution in [0.5, 0.6) is 17.2 Å². The van der Waals surface area contributed by atoms with Crippen molar-refractivity contribution in [3.8, 4) is 17.2 Å². The zero-order valence-electron chi connectivity index (χ0n) is 18.0. The van der Waals surface area contributed by atoms with Gasteiger partial charge in [-0.2, -0.15) is 0 Å². The van der Waals surface area contributed by atoms with Crippen molar-refractivity contribution in [3.63, 3.8) is 0 Å². The molecule has 0 N–H and O–H groups in total. The summed E-state index contributed by atoms with van der Waals surface area (Å²) in [5.74, 6) is 1.44. The Morgan fingerprint density at radius 1 is 0.971 bits per heavy atom. The van der Waals surface area contributed by atoms with Crippen LogP contribution in [0.25, 0.3) is 22.1 Å². The van der Waals surface area contributed by atoms with Gasteiger partial charge in [0.2, 0.25) is 0 Å². The highest BCUT2D eigenvalue weighted by Gasteiger charge is 2.14. The lowest BCUT2D eigenvalue weighted by Crippen LogP contribution is -2.22. The van der Waals surface area contributed by atoms with Gasteiger partial charge in [-0.15, -0.1) is 0 Å². The predicted octanol–water partition coefficient (Wildman–Crippen LogP) is 5.23. The smallest absolute Gasteiger partial charge is 0.274 e. The van der Waals surface area contributed by atoms with Crippen LogP contribution < -0.4 is 24.3 Å². The Morgan fingerprint density at radius 3 is 2.56 bits per heavy atom. The molecule has 34 heavy (non-hydrogen) atoms. The molecule has 0 saturated carbocycles. The summed E-state index contributed by atoms with van der Waals surface area (Å²) in [6, 6.07) is 18.3. The molecule has 5 rings (SSSR count). The average Bonchev–Trinajstić information content (AvgIpc) is 3.34. The number of hydrogen-bond donors (Lipinski definition) is 0. The molecule has 9 heteroatoms. The molecule has 0 fully saturated rings. The number of thiazole rings is 1. The van der Waals surface area contributed by atoms with Crippen LogP contribution >= 0.6 is 34.5 Å². The molecule has 0 aliphatic heterocycles. The van der Waals surface area contributed by atoms with Gasteiger partial charge >= 0.3 is 0 Å². The number of fused-ring (bicyclic) bond motifs is 3. The molecule has 0 amide bonds. The molecule has 0 saturated heterocycles. The summed E-state index contributed by atoms with van der Waals surface area (Å²) in [5, 5.41) is 0.896. The molecule has 0 spiro atoms. The molecule has 2 heterocycles. The summed E-state index contributed by atoms with van der Waals surface area (Å²) in [4.78, 5) is 18.2. The van der Waals surface area contributed by atoms with E-state index in [1.165, 1.54) is 18.4 Å². The summed E-state index contributed by atoms with van der Waals surface area (Å²) in [6.07, 6.45) is 1.77. The van der Waals surface area contributed by atoms with Crippen LogP contribution in [0.15, 0.2) is 65.5 Å². The molecular weight excluding hydrogens is 495 g/mol. The maximum atomic E-state index is 13.0. The van der Waals surface area contributed by atoms with E-state index in [0.29, 0.717) is 42.4 Å². The second-order valence-corrected chi connectivity index (χ2v) is 9.12. The quantitative estimate of drug-likeness (QED) is 0.279. The van der Waals surface area contributed by atoms with Crippen molar-refractivity contribution in [2.24, 2.45) is 0 Å². The van der Waals surface area contributed by atoms with E-state index in [9.17, 15) is 4.79 Å². The van der Waals surface area contributed by atoms with Gasteiger partial charge < -0.3 is 14.2 Å². The molecule has 0 radical (unpaired) electrons. The fourth-order valence-corrected chi connectivity index (χ4v) is 5.03. The average molecular weight is 513 g/mol. The number of rotatable bonds is 7. The topological polar surface area (TPSA) is 62.1 Å². The minimum absolute atomic E-state index is 0.124. The van der Waals surface area contributed by atoms with Gasteiger partial charge in [-0.3, -0.25) is 4.79 Å². The van der Waals surface area contributed by atoms with Crippen molar-refractivity contribution in [1.82, 2.24) is 9.38 Å². The van der Waals surface area contributed by atoms with Gasteiger partial charge in [0.25, 0.3) is 5.56 Å². The first kappa shape index (κ1) is 22.5. The Bertz CT molecular complexity index is 1610. The molecule has 2 aromatic heterocycles. The first-order valence-electron chi connectivity index (χ1n) is 10.3. The SMILES string of the molecule is COc1cc(C=c2sc3nc4ccccc4n3c2=O)cc(Cl)c1OCCOc1ccccc1Cl. The Hall–Kier alpha value is -3.26.